The lowest BCUT2D eigenvalue weighted by atomic mass is 9.94. The third-order valence-corrected chi connectivity index (χ3v) is 5.05. The van der Waals surface area contributed by atoms with Crippen molar-refractivity contribution in [3.8, 4) is 0 Å². The zero-order valence-corrected chi connectivity index (χ0v) is 13.0. The van der Waals surface area contributed by atoms with Crippen molar-refractivity contribution in [3.63, 3.8) is 0 Å². The van der Waals surface area contributed by atoms with Crippen LogP contribution in [0.1, 0.15) is 57.2 Å². The molecule has 3 N–H and O–H groups in total. The minimum absolute atomic E-state index is 0.254. The van der Waals surface area contributed by atoms with Crippen LogP contribution in [0.4, 0.5) is 0 Å². The van der Waals surface area contributed by atoms with Crippen molar-refractivity contribution in [3.05, 3.63) is 18.0 Å². The zero-order chi connectivity index (χ0) is 14.7. The zero-order valence-electron chi connectivity index (χ0n) is 13.0. The van der Waals surface area contributed by atoms with Crippen molar-refractivity contribution in [1.29, 1.82) is 0 Å². The summed E-state index contributed by atoms with van der Waals surface area (Å²) in [4.78, 5) is 0. The Morgan fingerprint density at radius 1 is 1.43 bits per heavy atom. The van der Waals surface area contributed by atoms with Gasteiger partial charge in [-0.3, -0.25) is 16.0 Å². The normalized spacial score (nSPS) is 28.9. The van der Waals surface area contributed by atoms with E-state index >= 15 is 0 Å². The van der Waals surface area contributed by atoms with Crippen LogP contribution in [0.5, 0.6) is 0 Å². The van der Waals surface area contributed by atoms with Gasteiger partial charge in [0.25, 0.3) is 0 Å². The molecule has 1 aliphatic heterocycles. The summed E-state index contributed by atoms with van der Waals surface area (Å²) in [6.07, 6.45) is 11.1. The van der Waals surface area contributed by atoms with Crippen LogP contribution in [-0.4, -0.2) is 28.5 Å². The van der Waals surface area contributed by atoms with Gasteiger partial charge < -0.3 is 4.74 Å². The Bertz CT molecular complexity index is 441. The number of rotatable bonds is 5. The average Bonchev–Trinajstić information content (AvgIpc) is 3.15. The molecule has 2 heterocycles. The molecule has 0 aromatic carbocycles. The highest BCUT2D eigenvalue weighted by Crippen LogP contribution is 2.28. The molecule has 2 fully saturated rings. The van der Waals surface area contributed by atoms with E-state index in [9.17, 15) is 0 Å². The second-order valence-corrected chi connectivity index (χ2v) is 6.70. The maximum absolute atomic E-state index is 5.76. The first-order chi connectivity index (χ1) is 10.3. The van der Waals surface area contributed by atoms with E-state index in [2.05, 4.69) is 29.3 Å². The smallest absolute Gasteiger partial charge is 0.0640 e. The van der Waals surface area contributed by atoms with Gasteiger partial charge in [-0.1, -0.05) is 19.3 Å². The molecule has 0 bridgehead atoms. The second-order valence-electron chi connectivity index (χ2n) is 6.70. The topological polar surface area (TPSA) is 65.1 Å². The van der Waals surface area contributed by atoms with Crippen LogP contribution in [0, 0.1) is 5.92 Å². The number of nitrogens with zero attached hydrogens (tertiary/aromatic N) is 2. The SMILES string of the molecule is CC1CC(C(Cc2ccn(C3CCCCC3)n2)NN)CO1. The first-order valence-electron chi connectivity index (χ1n) is 8.38. The predicted molar refractivity (Wildman–Crippen MR) is 82.7 cm³/mol. The molecular formula is C16H28N4O. The molecular weight excluding hydrogens is 264 g/mol. The molecule has 3 unspecified atom stereocenters. The lowest BCUT2D eigenvalue weighted by Crippen LogP contribution is -2.43. The van der Waals surface area contributed by atoms with Gasteiger partial charge in [-0.25, -0.2) is 0 Å². The summed E-state index contributed by atoms with van der Waals surface area (Å²) in [5.41, 5.74) is 4.11. The van der Waals surface area contributed by atoms with E-state index in [-0.39, 0.29) is 6.04 Å². The molecule has 1 aliphatic carbocycles. The fraction of sp³-hybridized carbons (Fsp3) is 0.812. The molecule has 1 aromatic heterocycles. The standard InChI is InChI=1S/C16H28N4O/c1-12-9-13(11-21-12)16(18-17)10-14-7-8-20(19-14)15-5-3-2-4-6-15/h7-8,12-13,15-16,18H,2-6,9-11,17H2,1H3. The largest absolute Gasteiger partial charge is 0.378 e. The van der Waals surface area contributed by atoms with Crippen LogP contribution in [0.25, 0.3) is 0 Å². The quantitative estimate of drug-likeness (QED) is 0.645. The molecule has 118 valence electrons. The maximum atomic E-state index is 5.76. The monoisotopic (exact) mass is 292 g/mol. The van der Waals surface area contributed by atoms with Crippen LogP contribution in [0.3, 0.4) is 0 Å². The van der Waals surface area contributed by atoms with Crippen molar-refractivity contribution in [2.75, 3.05) is 6.61 Å². The fourth-order valence-corrected chi connectivity index (χ4v) is 3.75. The van der Waals surface area contributed by atoms with Gasteiger partial charge in [0.2, 0.25) is 0 Å². The van der Waals surface area contributed by atoms with E-state index in [0.717, 1.165) is 25.1 Å². The summed E-state index contributed by atoms with van der Waals surface area (Å²) < 4.78 is 7.84. The molecule has 2 aliphatic rings. The molecule has 0 amide bonds. The molecule has 0 spiro atoms. The van der Waals surface area contributed by atoms with E-state index in [0.29, 0.717) is 18.1 Å². The third-order valence-electron chi connectivity index (χ3n) is 5.05. The van der Waals surface area contributed by atoms with Crippen LogP contribution < -0.4 is 11.3 Å². The van der Waals surface area contributed by atoms with Crippen LogP contribution in [-0.2, 0) is 11.2 Å². The van der Waals surface area contributed by atoms with Crippen molar-refractivity contribution in [2.45, 2.75) is 70.1 Å². The number of ether oxygens (including phenoxy) is 1. The molecule has 1 aromatic rings. The van der Waals surface area contributed by atoms with E-state index < -0.39 is 0 Å². The van der Waals surface area contributed by atoms with Crippen LogP contribution >= 0.6 is 0 Å². The van der Waals surface area contributed by atoms with Gasteiger partial charge in [0.15, 0.2) is 0 Å². The highest BCUT2D eigenvalue weighted by atomic mass is 16.5. The van der Waals surface area contributed by atoms with E-state index in [1.165, 1.54) is 32.1 Å². The van der Waals surface area contributed by atoms with Gasteiger partial charge in [0, 0.05) is 24.6 Å². The fourth-order valence-electron chi connectivity index (χ4n) is 3.75. The highest BCUT2D eigenvalue weighted by Gasteiger charge is 2.29. The average molecular weight is 292 g/mol. The molecule has 0 radical (unpaired) electrons. The third kappa shape index (κ3) is 3.65. The first-order valence-corrected chi connectivity index (χ1v) is 8.38. The van der Waals surface area contributed by atoms with Gasteiger partial charge >= 0.3 is 0 Å². The number of nitrogens with two attached hydrogens (primary N) is 1. The van der Waals surface area contributed by atoms with Crippen LogP contribution in [0.15, 0.2) is 12.3 Å². The number of hydrogen-bond donors (Lipinski definition) is 2. The van der Waals surface area contributed by atoms with Gasteiger partial charge in [-0.05, 0) is 32.3 Å². The van der Waals surface area contributed by atoms with Gasteiger partial charge in [-0.2, -0.15) is 5.10 Å². The lowest BCUT2D eigenvalue weighted by Gasteiger charge is -2.22. The van der Waals surface area contributed by atoms with Crippen molar-refractivity contribution in [1.82, 2.24) is 15.2 Å². The molecule has 21 heavy (non-hydrogen) atoms. The first kappa shape index (κ1) is 15.0. The summed E-state index contributed by atoms with van der Waals surface area (Å²) in [7, 11) is 0. The minimum Gasteiger partial charge on any atom is -0.378 e. The molecule has 1 saturated heterocycles. The van der Waals surface area contributed by atoms with E-state index in [1.807, 2.05) is 0 Å². The number of hydrogen-bond acceptors (Lipinski definition) is 4. The Hall–Kier alpha value is -0.910. The maximum Gasteiger partial charge on any atom is 0.0640 e. The van der Waals surface area contributed by atoms with Gasteiger partial charge in [0.1, 0.15) is 0 Å². The predicted octanol–water partition coefficient (Wildman–Crippen LogP) is 2.19. The Labute approximate surface area is 127 Å². The Morgan fingerprint density at radius 2 is 2.24 bits per heavy atom. The molecule has 3 atom stereocenters. The summed E-state index contributed by atoms with van der Waals surface area (Å²) >= 11 is 0. The summed E-state index contributed by atoms with van der Waals surface area (Å²) in [5.74, 6) is 6.25. The molecule has 1 saturated carbocycles. The van der Waals surface area contributed by atoms with Crippen LogP contribution in [0.2, 0.25) is 0 Å². The van der Waals surface area contributed by atoms with E-state index in [1.54, 1.807) is 0 Å². The second kappa shape index (κ2) is 6.90. The summed E-state index contributed by atoms with van der Waals surface area (Å²) in [6, 6.07) is 3.01. The molecule has 5 nitrogen and oxygen atoms in total. The van der Waals surface area contributed by atoms with Gasteiger partial charge in [-0.15, -0.1) is 0 Å². The summed E-state index contributed by atoms with van der Waals surface area (Å²) in [6.45, 7) is 2.94. The van der Waals surface area contributed by atoms with Crippen molar-refractivity contribution >= 4 is 0 Å². The summed E-state index contributed by atoms with van der Waals surface area (Å²) in [5, 5.41) is 4.79. The van der Waals surface area contributed by atoms with Crippen molar-refractivity contribution in [2.24, 2.45) is 11.8 Å². The number of aromatic nitrogens is 2. The highest BCUT2D eigenvalue weighted by molar-refractivity contribution is 5.03. The number of hydrazine groups is 1. The Morgan fingerprint density at radius 3 is 2.90 bits per heavy atom. The lowest BCUT2D eigenvalue weighted by molar-refractivity contribution is 0.116. The van der Waals surface area contributed by atoms with Gasteiger partial charge in [0.05, 0.1) is 24.4 Å². The Kier molecular flexibility index (Phi) is 4.93. The van der Waals surface area contributed by atoms with E-state index in [4.69, 9.17) is 15.7 Å². The Balaban J connectivity index is 1.60. The molecule has 3 rings (SSSR count). The molecule has 5 heteroatoms. The number of nitrogens with one attached hydrogen (secondary N) is 1. The minimum atomic E-state index is 0.254. The van der Waals surface area contributed by atoms with Crippen molar-refractivity contribution < 1.29 is 4.74 Å².